The highest BCUT2D eigenvalue weighted by atomic mass is 16.7. The fourth-order valence-corrected chi connectivity index (χ4v) is 3.14. The highest BCUT2D eigenvalue weighted by molar-refractivity contribution is 5.67. The SMILES string of the molecule is CC(C)(C)OC(=O)NCCCCCOc1cccc(-c2cccc(C3OCCO3)c2)n1. The summed E-state index contributed by atoms with van der Waals surface area (Å²) in [4.78, 5) is 16.2. The van der Waals surface area contributed by atoms with E-state index in [0.717, 1.165) is 36.1 Å². The van der Waals surface area contributed by atoms with Crippen molar-refractivity contribution in [2.75, 3.05) is 26.4 Å². The first-order valence-corrected chi connectivity index (χ1v) is 10.8. The second kappa shape index (κ2) is 11.1. The third-order valence-corrected chi connectivity index (χ3v) is 4.54. The van der Waals surface area contributed by atoms with Crippen molar-refractivity contribution in [2.24, 2.45) is 0 Å². The largest absolute Gasteiger partial charge is 0.478 e. The Kier molecular flexibility index (Phi) is 8.26. The molecule has 1 aliphatic rings. The van der Waals surface area contributed by atoms with E-state index in [0.29, 0.717) is 32.2 Å². The highest BCUT2D eigenvalue weighted by Gasteiger charge is 2.18. The van der Waals surface area contributed by atoms with Gasteiger partial charge in [0, 0.05) is 23.7 Å². The minimum Gasteiger partial charge on any atom is -0.478 e. The van der Waals surface area contributed by atoms with Gasteiger partial charge in [-0.05, 0) is 52.2 Å². The first-order chi connectivity index (χ1) is 14.9. The fourth-order valence-electron chi connectivity index (χ4n) is 3.14. The quantitative estimate of drug-likeness (QED) is 0.574. The first kappa shape index (κ1) is 23.0. The second-order valence-electron chi connectivity index (χ2n) is 8.40. The predicted octanol–water partition coefficient (Wildman–Crippen LogP) is 4.87. The summed E-state index contributed by atoms with van der Waals surface area (Å²) < 4.78 is 22.2. The molecule has 0 aliphatic carbocycles. The number of pyridine rings is 1. The van der Waals surface area contributed by atoms with E-state index in [1.54, 1.807) is 0 Å². The van der Waals surface area contributed by atoms with Crippen molar-refractivity contribution in [3.8, 4) is 17.1 Å². The van der Waals surface area contributed by atoms with Gasteiger partial charge in [0.25, 0.3) is 0 Å². The van der Waals surface area contributed by atoms with Crippen LogP contribution in [-0.2, 0) is 14.2 Å². The number of ether oxygens (including phenoxy) is 4. The Morgan fingerprint density at radius 2 is 1.87 bits per heavy atom. The van der Waals surface area contributed by atoms with Crippen LogP contribution in [0, 0.1) is 0 Å². The zero-order valence-corrected chi connectivity index (χ0v) is 18.6. The summed E-state index contributed by atoms with van der Waals surface area (Å²) in [6, 6.07) is 13.8. The fraction of sp³-hybridized carbons (Fsp3) is 0.500. The van der Waals surface area contributed by atoms with Crippen LogP contribution in [0.4, 0.5) is 4.79 Å². The van der Waals surface area contributed by atoms with Gasteiger partial charge in [-0.3, -0.25) is 0 Å². The molecule has 1 fully saturated rings. The van der Waals surface area contributed by atoms with Gasteiger partial charge in [0.2, 0.25) is 5.88 Å². The van der Waals surface area contributed by atoms with Crippen LogP contribution >= 0.6 is 0 Å². The Morgan fingerprint density at radius 1 is 1.10 bits per heavy atom. The molecule has 7 nitrogen and oxygen atoms in total. The number of amides is 1. The molecule has 1 N–H and O–H groups in total. The number of carbonyl (C=O) groups is 1. The molecular formula is C24H32N2O5. The van der Waals surface area contributed by atoms with E-state index < -0.39 is 5.60 Å². The molecular weight excluding hydrogens is 396 g/mol. The summed E-state index contributed by atoms with van der Waals surface area (Å²) in [5, 5.41) is 2.77. The lowest BCUT2D eigenvalue weighted by Gasteiger charge is -2.19. The molecule has 2 heterocycles. The van der Waals surface area contributed by atoms with Gasteiger partial charge in [-0.15, -0.1) is 0 Å². The zero-order valence-electron chi connectivity index (χ0n) is 18.6. The number of hydrogen-bond donors (Lipinski definition) is 1. The van der Waals surface area contributed by atoms with Gasteiger partial charge in [0.1, 0.15) is 5.60 Å². The average molecular weight is 429 g/mol. The van der Waals surface area contributed by atoms with E-state index in [1.807, 2.05) is 63.2 Å². The molecule has 1 saturated heterocycles. The molecule has 1 amide bonds. The molecule has 0 radical (unpaired) electrons. The van der Waals surface area contributed by atoms with Gasteiger partial charge < -0.3 is 24.3 Å². The normalized spacial score (nSPS) is 14.4. The maximum Gasteiger partial charge on any atom is 0.407 e. The number of benzene rings is 1. The molecule has 1 aliphatic heterocycles. The lowest BCUT2D eigenvalue weighted by molar-refractivity contribution is -0.0440. The van der Waals surface area contributed by atoms with Crippen molar-refractivity contribution in [3.05, 3.63) is 48.0 Å². The summed E-state index contributed by atoms with van der Waals surface area (Å²) in [6.45, 7) is 7.95. The van der Waals surface area contributed by atoms with Crippen molar-refractivity contribution >= 4 is 6.09 Å². The van der Waals surface area contributed by atoms with Crippen LogP contribution in [-0.4, -0.2) is 43.0 Å². The minimum atomic E-state index is -0.473. The monoisotopic (exact) mass is 428 g/mol. The number of rotatable bonds is 9. The number of nitrogens with zero attached hydrogens (tertiary/aromatic N) is 1. The summed E-state index contributed by atoms with van der Waals surface area (Å²) in [5.74, 6) is 0.600. The molecule has 0 saturated carbocycles. The van der Waals surface area contributed by atoms with Crippen molar-refractivity contribution < 1.29 is 23.7 Å². The minimum absolute atomic E-state index is 0.302. The van der Waals surface area contributed by atoms with Crippen molar-refractivity contribution in [2.45, 2.75) is 51.9 Å². The van der Waals surface area contributed by atoms with Crippen LogP contribution in [0.15, 0.2) is 42.5 Å². The Hall–Kier alpha value is -2.64. The third kappa shape index (κ3) is 7.84. The smallest absolute Gasteiger partial charge is 0.407 e. The van der Waals surface area contributed by atoms with Crippen molar-refractivity contribution in [1.29, 1.82) is 0 Å². The molecule has 168 valence electrons. The Balaban J connectivity index is 1.40. The Labute approximate surface area is 184 Å². The number of unbranched alkanes of at least 4 members (excludes halogenated alkanes) is 2. The number of alkyl carbamates (subject to hydrolysis) is 1. The third-order valence-electron chi connectivity index (χ3n) is 4.54. The van der Waals surface area contributed by atoms with Gasteiger partial charge in [-0.1, -0.05) is 24.3 Å². The van der Waals surface area contributed by atoms with E-state index >= 15 is 0 Å². The van der Waals surface area contributed by atoms with Crippen LogP contribution in [0.3, 0.4) is 0 Å². The maximum absolute atomic E-state index is 11.6. The van der Waals surface area contributed by atoms with Crippen LogP contribution in [0.5, 0.6) is 5.88 Å². The van der Waals surface area contributed by atoms with Crippen LogP contribution in [0.25, 0.3) is 11.3 Å². The molecule has 0 unspecified atom stereocenters. The Bertz CT molecular complexity index is 844. The molecule has 1 aromatic heterocycles. The molecule has 3 rings (SSSR count). The molecule has 1 aromatic carbocycles. The van der Waals surface area contributed by atoms with Crippen molar-refractivity contribution in [3.63, 3.8) is 0 Å². The van der Waals surface area contributed by atoms with Gasteiger partial charge in [-0.2, -0.15) is 0 Å². The van der Waals surface area contributed by atoms with E-state index in [4.69, 9.17) is 18.9 Å². The number of hydrogen-bond acceptors (Lipinski definition) is 6. The zero-order chi connectivity index (χ0) is 22.1. The highest BCUT2D eigenvalue weighted by Crippen LogP contribution is 2.27. The second-order valence-corrected chi connectivity index (χ2v) is 8.40. The predicted molar refractivity (Wildman–Crippen MR) is 118 cm³/mol. The van der Waals surface area contributed by atoms with Crippen LogP contribution in [0.1, 0.15) is 51.9 Å². The maximum atomic E-state index is 11.6. The first-order valence-electron chi connectivity index (χ1n) is 10.8. The van der Waals surface area contributed by atoms with Gasteiger partial charge in [0.05, 0.1) is 25.5 Å². The summed E-state index contributed by atoms with van der Waals surface area (Å²) >= 11 is 0. The topological polar surface area (TPSA) is 78.9 Å². The molecule has 31 heavy (non-hydrogen) atoms. The lowest BCUT2D eigenvalue weighted by Crippen LogP contribution is -2.33. The molecule has 0 atom stereocenters. The average Bonchev–Trinajstić information content (AvgIpc) is 3.27. The molecule has 7 heteroatoms. The van der Waals surface area contributed by atoms with Crippen LogP contribution in [0.2, 0.25) is 0 Å². The number of aromatic nitrogens is 1. The standard InChI is InChI=1S/C24H32N2O5/c1-24(2,3)31-23(27)25-13-5-4-6-14-28-21-12-8-11-20(26-21)18-9-7-10-19(17-18)22-29-15-16-30-22/h7-12,17,22H,4-6,13-16H2,1-3H3,(H,25,27). The van der Waals surface area contributed by atoms with Crippen LogP contribution < -0.4 is 10.1 Å². The summed E-state index contributed by atoms with van der Waals surface area (Å²) in [7, 11) is 0. The molecule has 0 bridgehead atoms. The van der Waals surface area contributed by atoms with Gasteiger partial charge >= 0.3 is 6.09 Å². The van der Waals surface area contributed by atoms with E-state index in [-0.39, 0.29) is 12.4 Å². The van der Waals surface area contributed by atoms with E-state index in [2.05, 4.69) is 10.3 Å². The lowest BCUT2D eigenvalue weighted by atomic mass is 10.1. The Morgan fingerprint density at radius 3 is 2.65 bits per heavy atom. The van der Waals surface area contributed by atoms with Crippen molar-refractivity contribution in [1.82, 2.24) is 10.3 Å². The molecule has 2 aromatic rings. The van der Waals surface area contributed by atoms with E-state index in [1.165, 1.54) is 0 Å². The molecule has 0 spiro atoms. The summed E-state index contributed by atoms with van der Waals surface area (Å²) in [5.41, 5.74) is 2.36. The summed E-state index contributed by atoms with van der Waals surface area (Å²) in [6.07, 6.45) is 2.02. The van der Waals surface area contributed by atoms with Gasteiger partial charge in [0.15, 0.2) is 6.29 Å². The van der Waals surface area contributed by atoms with Gasteiger partial charge in [-0.25, -0.2) is 9.78 Å². The number of nitrogens with one attached hydrogen (secondary N) is 1. The number of carbonyl (C=O) groups excluding carboxylic acids is 1. The van der Waals surface area contributed by atoms with E-state index in [9.17, 15) is 4.79 Å².